The Labute approximate surface area is 651 Å². The normalized spacial score (nSPS) is 11.7. The zero-order valence-corrected chi connectivity index (χ0v) is 61.1. The Kier molecular flexibility index (Phi) is 15.5. The third kappa shape index (κ3) is 10.8. The van der Waals surface area contributed by atoms with E-state index in [0.29, 0.717) is 11.9 Å². The van der Waals surface area contributed by atoms with Gasteiger partial charge < -0.3 is 9.13 Å². The third-order valence-electron chi connectivity index (χ3n) is 21.9. The van der Waals surface area contributed by atoms with Gasteiger partial charge in [-0.1, -0.05) is 255 Å². The van der Waals surface area contributed by atoms with Gasteiger partial charge in [0.15, 0.2) is 11.6 Å². The number of fused-ring (bicyclic) bond motifs is 18. The van der Waals surface area contributed by atoms with Gasteiger partial charge in [-0.2, -0.15) is 0 Å². The standard InChI is InChI=1S/3C33H21N5/c1-2-10-22(11-3-1)28-18-27-26-14-6-7-15-29(26)37(32(27)21-34-28)23-19-35-33(36-20-23)38-30-16-8-4-12-24(30)25-13-5-9-17-31(25)38;1-2-10-22(11-3-1)28-18-27-26-14-6-9-17-31(26)38(32(27)21-34-28)33-35-19-23(20-36-33)37-29-15-7-4-12-24(29)25-13-5-8-16-30(25)37;1-2-10-22(11-3-1)27-18-26-25-14-6-9-17-30(25)38(31(26)19-34-27)33-21-35-32(20-36-33)37-28-15-7-4-12-23(28)24-13-5-8-16-29(24)37/h3*1-21H. The van der Waals surface area contributed by atoms with Crippen LogP contribution in [0.5, 0.6) is 0 Å². The van der Waals surface area contributed by atoms with E-state index in [1.807, 2.05) is 110 Å². The fourth-order valence-corrected chi connectivity index (χ4v) is 16.8. The molecule has 24 rings (SSSR count). The summed E-state index contributed by atoms with van der Waals surface area (Å²) in [5.41, 5.74) is 20.9. The van der Waals surface area contributed by atoms with E-state index in [0.717, 1.165) is 150 Å². The summed E-state index contributed by atoms with van der Waals surface area (Å²) in [6, 6.07) is 113. The minimum absolute atomic E-state index is 0.620. The molecule has 12 heterocycles. The Morgan fingerprint density at radius 2 is 0.360 bits per heavy atom. The maximum absolute atomic E-state index is 4.92. The summed E-state index contributed by atoms with van der Waals surface area (Å²) in [7, 11) is 0. The van der Waals surface area contributed by atoms with Gasteiger partial charge in [-0.05, 0) is 72.8 Å². The molecule has 0 bridgehead atoms. The largest absolute Gasteiger partial charge is 0.306 e. The Morgan fingerprint density at radius 3 is 0.649 bits per heavy atom. The van der Waals surface area contributed by atoms with E-state index in [9.17, 15) is 0 Å². The summed E-state index contributed by atoms with van der Waals surface area (Å²) in [4.78, 5) is 43.8. The average molecular weight is 1460 g/mol. The summed E-state index contributed by atoms with van der Waals surface area (Å²) in [5, 5.41) is 14.1. The SMILES string of the molecule is c1ccc(-c2cc3c4ccccc4n(-c4cnc(-n5c6ccccc6c6ccccc65)cn4)c3cn2)cc1.c1ccc(-c2cc3c4ccccc4n(-c4cnc(-n5c6ccccc6c6ccccc65)nc4)c3cn2)cc1.c1ccc(-c2cc3c4ccccc4n(-c4ncc(-n5c6ccccc6c6ccccc65)cn4)c3cn2)cc1. The van der Waals surface area contributed by atoms with Crippen molar-refractivity contribution >= 4 is 131 Å². The van der Waals surface area contributed by atoms with E-state index in [1.165, 1.54) is 37.7 Å². The second-order valence-corrected chi connectivity index (χ2v) is 28.2. The number of para-hydroxylation sites is 9. The molecule has 12 aromatic carbocycles. The Bertz CT molecular complexity index is 6940. The minimum atomic E-state index is 0.620. The van der Waals surface area contributed by atoms with Crippen molar-refractivity contribution in [3.05, 3.63) is 383 Å². The minimum Gasteiger partial charge on any atom is -0.306 e. The van der Waals surface area contributed by atoms with E-state index in [4.69, 9.17) is 44.9 Å². The highest BCUT2D eigenvalue weighted by Crippen LogP contribution is 2.40. The van der Waals surface area contributed by atoms with Gasteiger partial charge in [0.2, 0.25) is 11.9 Å². The lowest BCUT2D eigenvalue weighted by Crippen LogP contribution is -2.03. The van der Waals surface area contributed by atoms with Crippen molar-refractivity contribution in [1.82, 2.24) is 72.3 Å². The molecule has 15 nitrogen and oxygen atoms in total. The molecule has 0 amide bonds. The summed E-state index contributed by atoms with van der Waals surface area (Å²) >= 11 is 0. The molecule has 0 aliphatic rings. The molecule has 0 N–H and O–H groups in total. The van der Waals surface area contributed by atoms with E-state index in [1.54, 1.807) is 0 Å². The number of pyridine rings is 3. The molecule has 0 saturated carbocycles. The number of nitrogens with zero attached hydrogens (tertiary/aromatic N) is 15. The molecule has 534 valence electrons. The smallest absolute Gasteiger partial charge is 0.234 e. The van der Waals surface area contributed by atoms with Gasteiger partial charge in [0.05, 0.1) is 150 Å². The second-order valence-electron chi connectivity index (χ2n) is 28.2. The first-order valence-corrected chi connectivity index (χ1v) is 37.9. The van der Waals surface area contributed by atoms with Gasteiger partial charge in [-0.15, -0.1) is 0 Å². The van der Waals surface area contributed by atoms with Gasteiger partial charge in [-0.3, -0.25) is 33.2 Å². The van der Waals surface area contributed by atoms with Gasteiger partial charge in [0, 0.05) is 81.3 Å². The lowest BCUT2D eigenvalue weighted by molar-refractivity contribution is 0.966. The molecular formula is C99H63N15. The predicted octanol–water partition coefficient (Wildman–Crippen LogP) is 23.2. The predicted molar refractivity (Wildman–Crippen MR) is 462 cm³/mol. The number of hydrogen-bond acceptors (Lipinski definition) is 9. The molecule has 0 fully saturated rings. The van der Waals surface area contributed by atoms with Crippen molar-refractivity contribution in [2.75, 3.05) is 0 Å². The number of rotatable bonds is 9. The van der Waals surface area contributed by atoms with E-state index < -0.39 is 0 Å². The highest BCUT2D eigenvalue weighted by molar-refractivity contribution is 6.14. The van der Waals surface area contributed by atoms with Crippen LogP contribution in [0.15, 0.2) is 383 Å². The summed E-state index contributed by atoms with van der Waals surface area (Å²) in [6.07, 6.45) is 17.2. The zero-order chi connectivity index (χ0) is 75.2. The Balaban J connectivity index is 0.000000104. The van der Waals surface area contributed by atoms with Gasteiger partial charge in [0.1, 0.15) is 0 Å². The molecule has 0 aliphatic carbocycles. The first-order chi connectivity index (χ1) is 56.6. The average Bonchev–Trinajstić information content (AvgIpc) is 1.51. The molecule has 0 unspecified atom stereocenters. The summed E-state index contributed by atoms with van der Waals surface area (Å²) < 4.78 is 13.0. The van der Waals surface area contributed by atoms with Crippen LogP contribution in [0.1, 0.15) is 0 Å². The van der Waals surface area contributed by atoms with Crippen molar-refractivity contribution < 1.29 is 0 Å². The van der Waals surface area contributed by atoms with Crippen molar-refractivity contribution in [2.24, 2.45) is 0 Å². The van der Waals surface area contributed by atoms with Gasteiger partial charge in [0.25, 0.3) is 0 Å². The van der Waals surface area contributed by atoms with Crippen molar-refractivity contribution in [2.45, 2.75) is 0 Å². The van der Waals surface area contributed by atoms with Gasteiger partial charge in [-0.25, -0.2) is 29.9 Å². The van der Waals surface area contributed by atoms with Crippen molar-refractivity contribution in [3.63, 3.8) is 0 Å². The molecule has 114 heavy (non-hydrogen) atoms. The van der Waals surface area contributed by atoms with Crippen LogP contribution >= 0.6 is 0 Å². The second kappa shape index (κ2) is 27.1. The quantitative estimate of drug-likeness (QED) is 0.138. The van der Waals surface area contributed by atoms with Crippen LogP contribution in [-0.4, -0.2) is 72.3 Å². The van der Waals surface area contributed by atoms with E-state index in [2.05, 4.69) is 300 Å². The maximum atomic E-state index is 4.92. The maximum Gasteiger partial charge on any atom is 0.234 e. The zero-order valence-electron chi connectivity index (χ0n) is 61.1. The molecular weight excluding hydrogens is 1400 g/mol. The Hall–Kier alpha value is -15.9. The monoisotopic (exact) mass is 1460 g/mol. The topological polar surface area (TPSA) is 146 Å². The summed E-state index contributed by atoms with van der Waals surface area (Å²) in [5.74, 6) is 2.82. The highest BCUT2D eigenvalue weighted by atomic mass is 15.2. The first-order valence-electron chi connectivity index (χ1n) is 37.9. The Morgan fingerprint density at radius 1 is 0.149 bits per heavy atom. The lowest BCUT2D eigenvalue weighted by atomic mass is 10.1. The fraction of sp³-hybridized carbons (Fsp3) is 0. The van der Waals surface area contributed by atoms with Crippen LogP contribution in [0.4, 0.5) is 0 Å². The molecule has 0 spiro atoms. The third-order valence-corrected chi connectivity index (χ3v) is 21.9. The van der Waals surface area contributed by atoms with Crippen molar-refractivity contribution in [3.8, 4) is 68.7 Å². The molecule has 0 radical (unpaired) electrons. The molecule has 0 atom stereocenters. The van der Waals surface area contributed by atoms with Crippen LogP contribution in [0, 0.1) is 0 Å². The van der Waals surface area contributed by atoms with E-state index in [-0.39, 0.29) is 0 Å². The van der Waals surface area contributed by atoms with Crippen LogP contribution in [0.3, 0.4) is 0 Å². The highest BCUT2D eigenvalue weighted by Gasteiger charge is 2.22. The fourth-order valence-electron chi connectivity index (χ4n) is 16.8. The number of hydrogen-bond donors (Lipinski definition) is 0. The molecule has 12 aromatic heterocycles. The van der Waals surface area contributed by atoms with Crippen LogP contribution in [-0.2, 0) is 0 Å². The molecule has 15 heteroatoms. The molecule has 24 aromatic rings. The van der Waals surface area contributed by atoms with E-state index >= 15 is 0 Å². The van der Waals surface area contributed by atoms with Crippen LogP contribution < -0.4 is 0 Å². The van der Waals surface area contributed by atoms with Crippen LogP contribution in [0.2, 0.25) is 0 Å². The first kappa shape index (κ1) is 65.2. The molecule has 0 aliphatic heterocycles. The number of aromatic nitrogens is 15. The lowest BCUT2D eigenvalue weighted by Gasteiger charge is -2.10. The van der Waals surface area contributed by atoms with Crippen molar-refractivity contribution in [1.29, 1.82) is 0 Å². The number of benzene rings is 12. The summed E-state index contributed by atoms with van der Waals surface area (Å²) in [6.45, 7) is 0. The van der Waals surface area contributed by atoms with Crippen LogP contribution in [0.25, 0.3) is 200 Å². The molecule has 0 saturated heterocycles. The van der Waals surface area contributed by atoms with Gasteiger partial charge >= 0.3 is 0 Å².